The van der Waals surface area contributed by atoms with Crippen molar-refractivity contribution in [3.05, 3.63) is 35.4 Å². The van der Waals surface area contributed by atoms with E-state index in [1.165, 1.54) is 0 Å². The van der Waals surface area contributed by atoms with E-state index in [-0.39, 0.29) is 5.91 Å². The van der Waals surface area contributed by atoms with Crippen molar-refractivity contribution in [1.82, 2.24) is 15.5 Å². The standard InChI is InChI=1S/C18H26N4O/c1-18(2,20-3)17(23)21-11-14-8-9-22(12-14)13-16-7-5-4-6-15(16)10-19/h4-7,14,20H,8-9,11-13H2,1-3H3,(H,21,23)/t14-/m0/s1. The summed E-state index contributed by atoms with van der Waals surface area (Å²) in [5, 5.41) is 15.2. The number of amides is 1. The van der Waals surface area contributed by atoms with Crippen LogP contribution in [-0.4, -0.2) is 43.0 Å². The number of nitrogens with one attached hydrogen (secondary N) is 2. The number of hydrogen-bond donors (Lipinski definition) is 2. The van der Waals surface area contributed by atoms with E-state index >= 15 is 0 Å². The van der Waals surface area contributed by atoms with E-state index in [0.29, 0.717) is 12.5 Å². The van der Waals surface area contributed by atoms with E-state index in [2.05, 4.69) is 21.6 Å². The molecule has 1 aromatic rings. The average Bonchev–Trinajstić information content (AvgIpc) is 3.00. The number of nitrogens with zero attached hydrogens (tertiary/aromatic N) is 2. The number of carbonyl (C=O) groups excluding carboxylic acids is 1. The second-order valence-electron chi connectivity index (χ2n) is 6.74. The molecule has 0 bridgehead atoms. The molecular formula is C18H26N4O. The van der Waals surface area contributed by atoms with E-state index < -0.39 is 5.54 Å². The van der Waals surface area contributed by atoms with Crippen molar-refractivity contribution in [3.63, 3.8) is 0 Å². The Hall–Kier alpha value is -1.90. The molecule has 5 nitrogen and oxygen atoms in total. The molecule has 0 aliphatic carbocycles. The first-order chi connectivity index (χ1) is 11.0. The molecule has 1 aliphatic rings. The maximum absolute atomic E-state index is 12.1. The molecule has 0 unspecified atom stereocenters. The molecule has 2 rings (SSSR count). The highest BCUT2D eigenvalue weighted by Crippen LogP contribution is 2.19. The van der Waals surface area contributed by atoms with E-state index in [9.17, 15) is 4.79 Å². The van der Waals surface area contributed by atoms with Crippen molar-refractivity contribution in [2.24, 2.45) is 5.92 Å². The van der Waals surface area contributed by atoms with Crippen LogP contribution in [0.5, 0.6) is 0 Å². The molecule has 0 saturated carbocycles. The number of carbonyl (C=O) groups is 1. The minimum atomic E-state index is -0.538. The third-order valence-corrected chi connectivity index (χ3v) is 4.65. The molecule has 124 valence electrons. The highest BCUT2D eigenvalue weighted by Gasteiger charge is 2.28. The Morgan fingerprint density at radius 1 is 1.43 bits per heavy atom. The molecule has 1 fully saturated rings. The second kappa shape index (κ2) is 7.58. The summed E-state index contributed by atoms with van der Waals surface area (Å²) in [6.45, 7) is 7.23. The van der Waals surface area contributed by atoms with Gasteiger partial charge in [-0.25, -0.2) is 0 Å². The van der Waals surface area contributed by atoms with Crippen LogP contribution in [0.15, 0.2) is 24.3 Å². The van der Waals surface area contributed by atoms with Crippen LogP contribution in [0, 0.1) is 17.2 Å². The van der Waals surface area contributed by atoms with Crippen LogP contribution < -0.4 is 10.6 Å². The lowest BCUT2D eigenvalue weighted by Crippen LogP contribution is -2.52. The third-order valence-electron chi connectivity index (χ3n) is 4.65. The molecule has 5 heteroatoms. The summed E-state index contributed by atoms with van der Waals surface area (Å²) in [5.41, 5.74) is 1.29. The average molecular weight is 314 g/mol. The Kier molecular flexibility index (Phi) is 5.75. The number of likely N-dealkylation sites (N-methyl/N-ethyl adjacent to an activating group) is 1. The fraction of sp³-hybridized carbons (Fsp3) is 0.556. The van der Waals surface area contributed by atoms with Crippen molar-refractivity contribution in [2.45, 2.75) is 32.4 Å². The Morgan fingerprint density at radius 3 is 2.87 bits per heavy atom. The van der Waals surface area contributed by atoms with Crippen LogP contribution in [0.25, 0.3) is 0 Å². The smallest absolute Gasteiger partial charge is 0.239 e. The Labute approximate surface area is 138 Å². The molecule has 1 atom stereocenters. The van der Waals surface area contributed by atoms with Gasteiger partial charge in [-0.2, -0.15) is 5.26 Å². The van der Waals surface area contributed by atoms with E-state index in [1.54, 1.807) is 7.05 Å². The van der Waals surface area contributed by atoms with Gasteiger partial charge in [0.1, 0.15) is 0 Å². The van der Waals surface area contributed by atoms with Gasteiger partial charge in [-0.1, -0.05) is 18.2 Å². The Balaban J connectivity index is 1.83. The molecule has 2 N–H and O–H groups in total. The van der Waals surface area contributed by atoms with Gasteiger partial charge >= 0.3 is 0 Å². The van der Waals surface area contributed by atoms with Crippen LogP contribution in [0.1, 0.15) is 31.4 Å². The molecule has 0 radical (unpaired) electrons. The van der Waals surface area contributed by atoms with Crippen molar-refractivity contribution in [3.8, 4) is 6.07 Å². The number of nitriles is 1. The van der Waals surface area contributed by atoms with Gasteiger partial charge < -0.3 is 10.6 Å². The maximum Gasteiger partial charge on any atom is 0.239 e. The van der Waals surface area contributed by atoms with Gasteiger partial charge in [-0.05, 0) is 51.4 Å². The Bertz CT molecular complexity index is 591. The summed E-state index contributed by atoms with van der Waals surface area (Å²) in [5.74, 6) is 0.508. The molecule has 23 heavy (non-hydrogen) atoms. The molecule has 0 spiro atoms. The zero-order valence-electron chi connectivity index (χ0n) is 14.2. The monoisotopic (exact) mass is 314 g/mol. The van der Waals surface area contributed by atoms with Crippen LogP contribution in [-0.2, 0) is 11.3 Å². The Morgan fingerprint density at radius 2 is 2.17 bits per heavy atom. The van der Waals surface area contributed by atoms with Crippen molar-refractivity contribution in [1.29, 1.82) is 5.26 Å². The topological polar surface area (TPSA) is 68.2 Å². The van der Waals surface area contributed by atoms with Crippen molar-refractivity contribution >= 4 is 5.91 Å². The van der Waals surface area contributed by atoms with E-state index in [0.717, 1.165) is 37.2 Å². The molecule has 1 aromatic carbocycles. The van der Waals surface area contributed by atoms with Crippen LogP contribution >= 0.6 is 0 Å². The van der Waals surface area contributed by atoms with Crippen LogP contribution in [0.4, 0.5) is 0 Å². The van der Waals surface area contributed by atoms with E-state index in [1.807, 2.05) is 38.1 Å². The summed E-state index contributed by atoms with van der Waals surface area (Å²) < 4.78 is 0. The van der Waals surface area contributed by atoms with Crippen LogP contribution in [0.3, 0.4) is 0 Å². The molecule has 1 aliphatic heterocycles. The van der Waals surface area contributed by atoms with Gasteiger partial charge in [0.25, 0.3) is 0 Å². The lowest BCUT2D eigenvalue weighted by atomic mass is 10.0. The normalized spacial score (nSPS) is 18.6. The van der Waals surface area contributed by atoms with Crippen LogP contribution in [0.2, 0.25) is 0 Å². The van der Waals surface area contributed by atoms with Gasteiger partial charge in [0.2, 0.25) is 5.91 Å². The van der Waals surface area contributed by atoms with Gasteiger partial charge in [-0.15, -0.1) is 0 Å². The molecular weight excluding hydrogens is 288 g/mol. The number of benzene rings is 1. The fourth-order valence-electron chi connectivity index (χ4n) is 2.80. The summed E-state index contributed by atoms with van der Waals surface area (Å²) >= 11 is 0. The zero-order chi connectivity index (χ0) is 16.9. The highest BCUT2D eigenvalue weighted by atomic mass is 16.2. The first-order valence-corrected chi connectivity index (χ1v) is 8.14. The third kappa shape index (κ3) is 4.54. The van der Waals surface area contributed by atoms with Gasteiger partial charge in [0, 0.05) is 19.6 Å². The van der Waals surface area contributed by atoms with E-state index in [4.69, 9.17) is 5.26 Å². The second-order valence-corrected chi connectivity index (χ2v) is 6.74. The first-order valence-electron chi connectivity index (χ1n) is 8.14. The van der Waals surface area contributed by atoms with Crippen molar-refractivity contribution < 1.29 is 4.79 Å². The maximum atomic E-state index is 12.1. The summed E-state index contributed by atoms with van der Waals surface area (Å²) in [4.78, 5) is 14.4. The molecule has 1 saturated heterocycles. The quantitative estimate of drug-likeness (QED) is 0.835. The number of hydrogen-bond acceptors (Lipinski definition) is 4. The van der Waals surface area contributed by atoms with Gasteiger partial charge in [0.15, 0.2) is 0 Å². The largest absolute Gasteiger partial charge is 0.354 e. The van der Waals surface area contributed by atoms with Gasteiger partial charge in [-0.3, -0.25) is 9.69 Å². The molecule has 1 amide bonds. The lowest BCUT2D eigenvalue weighted by molar-refractivity contribution is -0.126. The molecule has 0 aromatic heterocycles. The number of likely N-dealkylation sites (tertiary alicyclic amines) is 1. The van der Waals surface area contributed by atoms with Gasteiger partial charge in [0.05, 0.1) is 17.2 Å². The summed E-state index contributed by atoms with van der Waals surface area (Å²) in [6, 6.07) is 10.0. The number of rotatable bonds is 6. The minimum absolute atomic E-state index is 0.0354. The first kappa shape index (κ1) is 17.5. The predicted molar refractivity (Wildman–Crippen MR) is 90.7 cm³/mol. The highest BCUT2D eigenvalue weighted by molar-refractivity contribution is 5.85. The summed E-state index contributed by atoms with van der Waals surface area (Å²) in [6.07, 6.45) is 1.08. The SMILES string of the molecule is CNC(C)(C)C(=O)NC[C@@H]1CCN(Cc2ccccc2C#N)C1. The summed E-state index contributed by atoms with van der Waals surface area (Å²) in [7, 11) is 1.80. The fourth-order valence-corrected chi connectivity index (χ4v) is 2.80. The van der Waals surface area contributed by atoms with Crippen molar-refractivity contribution in [2.75, 3.05) is 26.7 Å². The molecule has 1 heterocycles. The minimum Gasteiger partial charge on any atom is -0.354 e. The predicted octanol–water partition coefficient (Wildman–Crippen LogP) is 1.49. The zero-order valence-corrected chi connectivity index (χ0v) is 14.2. The lowest BCUT2D eigenvalue weighted by Gasteiger charge is -2.24.